The first-order chi connectivity index (χ1) is 15.6. The number of aromatic hydroxyl groups is 1. The monoisotopic (exact) mass is 522 g/mol. The second kappa shape index (κ2) is 11.0. The number of ether oxygens (including phenoxy) is 2. The maximum atomic E-state index is 13.1. The number of rotatable bonds is 7. The zero-order valence-electron chi connectivity index (χ0n) is 18.6. The van der Waals surface area contributed by atoms with Gasteiger partial charge < -0.3 is 19.7 Å². The van der Waals surface area contributed by atoms with E-state index in [4.69, 9.17) is 9.47 Å². The number of alkyl halides is 3. The third-order valence-electron chi connectivity index (χ3n) is 5.43. The van der Waals surface area contributed by atoms with Crippen LogP contribution >= 0.6 is 0 Å². The fraction of sp³-hybridized carbons (Fsp3) is 0.240. The van der Waals surface area contributed by atoms with Crippen LogP contribution in [0.4, 0.5) is 13.2 Å². The summed E-state index contributed by atoms with van der Waals surface area (Å²) >= 11 is 0. The van der Waals surface area contributed by atoms with Crippen molar-refractivity contribution >= 4 is 6.21 Å². The van der Waals surface area contributed by atoms with Gasteiger partial charge in [0.05, 0.1) is 25.8 Å². The van der Waals surface area contributed by atoms with E-state index in [1.54, 1.807) is 55.5 Å². The number of aliphatic imine (C=N–C) groups is 1. The molecule has 0 aliphatic carbocycles. The van der Waals surface area contributed by atoms with Gasteiger partial charge in [0.1, 0.15) is 22.8 Å². The topological polar surface area (TPSA) is 71.3 Å². The van der Waals surface area contributed by atoms with E-state index in [9.17, 15) is 23.4 Å². The Hall–Kier alpha value is -3.00. The zero-order chi connectivity index (χ0) is 24.2. The molecule has 1 atom stereocenters. The SMILES string of the molecule is COc1ccccc1C(O)(c1ccccc1OC)[C@@H](C)N=Cc1cc(C(F)(F)F)ccc1O.[Cu]. The normalized spacial score (nSPS) is 12.8. The van der Waals surface area contributed by atoms with Crippen molar-refractivity contribution in [1.82, 2.24) is 0 Å². The Bertz CT molecular complexity index is 1100. The third kappa shape index (κ3) is 5.38. The number of hydrogen-bond acceptors (Lipinski definition) is 5. The van der Waals surface area contributed by atoms with Crippen molar-refractivity contribution in [1.29, 1.82) is 0 Å². The number of phenols is 1. The van der Waals surface area contributed by atoms with Crippen LogP contribution in [0.3, 0.4) is 0 Å². The number of aliphatic hydroxyl groups is 1. The van der Waals surface area contributed by atoms with Crippen molar-refractivity contribution in [2.45, 2.75) is 24.7 Å². The van der Waals surface area contributed by atoms with Gasteiger partial charge in [-0.15, -0.1) is 0 Å². The molecule has 5 nitrogen and oxygen atoms in total. The van der Waals surface area contributed by atoms with Crippen molar-refractivity contribution < 1.29 is 49.9 Å². The minimum Gasteiger partial charge on any atom is -0.507 e. The summed E-state index contributed by atoms with van der Waals surface area (Å²) < 4.78 is 50.2. The van der Waals surface area contributed by atoms with Crippen LogP contribution in [0.25, 0.3) is 0 Å². The van der Waals surface area contributed by atoms with E-state index < -0.39 is 23.4 Å². The minimum atomic E-state index is -4.57. The second-order valence-corrected chi connectivity index (χ2v) is 7.39. The molecule has 1 radical (unpaired) electrons. The summed E-state index contributed by atoms with van der Waals surface area (Å²) in [7, 11) is 2.94. The van der Waals surface area contributed by atoms with E-state index in [1.165, 1.54) is 14.2 Å². The molecule has 0 bridgehead atoms. The van der Waals surface area contributed by atoms with Gasteiger partial charge in [0.15, 0.2) is 0 Å². The van der Waals surface area contributed by atoms with Crippen molar-refractivity contribution in [3.05, 3.63) is 89.0 Å². The summed E-state index contributed by atoms with van der Waals surface area (Å²) in [6, 6.07) is 15.3. The standard InChI is InChI=1S/C25H24F3NO4.Cu/c1-16(29-15-17-14-18(25(26,27)28)12-13-21(17)30)24(31,19-8-4-6-10-22(19)32-2)20-9-5-7-11-23(20)33-3;/h4-16,30-31H,1-3H3;/t16-;/m1./s1. The number of nitrogens with zero attached hydrogens (tertiary/aromatic N) is 1. The quantitative estimate of drug-likeness (QED) is 0.332. The number of benzene rings is 3. The van der Waals surface area contributed by atoms with Gasteiger partial charge in [-0.2, -0.15) is 13.2 Å². The van der Waals surface area contributed by atoms with Gasteiger partial charge in [0, 0.05) is 40.0 Å². The average Bonchev–Trinajstić information content (AvgIpc) is 2.81. The molecule has 3 rings (SSSR count). The molecule has 185 valence electrons. The van der Waals surface area contributed by atoms with Crippen LogP contribution in [-0.2, 0) is 28.8 Å². The predicted octanol–water partition coefficient (Wildman–Crippen LogP) is 5.17. The zero-order valence-corrected chi connectivity index (χ0v) is 19.5. The Kier molecular flexibility index (Phi) is 8.77. The molecule has 0 fully saturated rings. The number of methoxy groups -OCH3 is 2. The third-order valence-corrected chi connectivity index (χ3v) is 5.43. The van der Waals surface area contributed by atoms with E-state index in [0.29, 0.717) is 22.6 Å². The molecule has 0 amide bonds. The molecule has 0 saturated carbocycles. The molecule has 0 aromatic heterocycles. The van der Waals surface area contributed by atoms with Crippen LogP contribution in [0.5, 0.6) is 17.2 Å². The van der Waals surface area contributed by atoms with E-state index in [1.807, 2.05) is 0 Å². The molecular formula is C25H24CuF3NO4. The van der Waals surface area contributed by atoms with Gasteiger partial charge in [-0.25, -0.2) is 0 Å². The number of hydrogen-bond donors (Lipinski definition) is 2. The van der Waals surface area contributed by atoms with E-state index >= 15 is 0 Å². The van der Waals surface area contributed by atoms with E-state index in [0.717, 1.165) is 24.4 Å². The smallest absolute Gasteiger partial charge is 0.416 e. The van der Waals surface area contributed by atoms with Crippen molar-refractivity contribution in [2.24, 2.45) is 4.99 Å². The van der Waals surface area contributed by atoms with Crippen molar-refractivity contribution in [3.63, 3.8) is 0 Å². The van der Waals surface area contributed by atoms with Crippen LogP contribution in [0.2, 0.25) is 0 Å². The van der Waals surface area contributed by atoms with Crippen LogP contribution < -0.4 is 9.47 Å². The van der Waals surface area contributed by atoms with Crippen molar-refractivity contribution in [2.75, 3.05) is 14.2 Å². The summed E-state index contributed by atoms with van der Waals surface area (Å²) in [6.07, 6.45) is -3.46. The van der Waals surface area contributed by atoms with Gasteiger partial charge >= 0.3 is 6.18 Å². The second-order valence-electron chi connectivity index (χ2n) is 7.39. The Morgan fingerprint density at radius 3 is 1.85 bits per heavy atom. The van der Waals surface area contributed by atoms with E-state index in [2.05, 4.69) is 4.99 Å². The summed E-state index contributed by atoms with van der Waals surface area (Å²) in [4.78, 5) is 4.34. The molecule has 3 aromatic rings. The molecule has 9 heteroatoms. The molecule has 0 aliphatic rings. The van der Waals surface area contributed by atoms with E-state index in [-0.39, 0.29) is 28.4 Å². The molecular weight excluding hydrogens is 499 g/mol. The number of halogens is 3. The average molecular weight is 523 g/mol. The molecule has 0 spiro atoms. The fourth-order valence-electron chi connectivity index (χ4n) is 3.65. The maximum absolute atomic E-state index is 13.1. The maximum Gasteiger partial charge on any atom is 0.416 e. The van der Waals surface area contributed by atoms with Gasteiger partial charge in [0.2, 0.25) is 0 Å². The van der Waals surface area contributed by atoms with Crippen LogP contribution in [0, 0.1) is 0 Å². The summed E-state index contributed by atoms with van der Waals surface area (Å²) in [6.45, 7) is 1.61. The Morgan fingerprint density at radius 2 is 1.38 bits per heavy atom. The van der Waals surface area contributed by atoms with Crippen molar-refractivity contribution in [3.8, 4) is 17.2 Å². The molecule has 0 heterocycles. The summed E-state index contributed by atoms with van der Waals surface area (Å²) in [5.74, 6) is 0.432. The van der Waals surface area contributed by atoms with Crippen LogP contribution in [-0.4, -0.2) is 36.7 Å². The van der Waals surface area contributed by atoms with Crippen LogP contribution in [0.1, 0.15) is 29.2 Å². The predicted molar refractivity (Wildman–Crippen MR) is 119 cm³/mol. The summed E-state index contributed by atoms with van der Waals surface area (Å²) in [5.41, 5.74) is -2.02. The largest absolute Gasteiger partial charge is 0.507 e. The minimum absolute atomic E-state index is 0. The Morgan fingerprint density at radius 1 is 0.882 bits per heavy atom. The first-order valence-electron chi connectivity index (χ1n) is 10.1. The van der Waals surface area contributed by atoms with Gasteiger partial charge in [-0.1, -0.05) is 36.4 Å². The molecule has 34 heavy (non-hydrogen) atoms. The van der Waals surface area contributed by atoms with Gasteiger partial charge in [-0.3, -0.25) is 4.99 Å². The van der Waals surface area contributed by atoms with Gasteiger partial charge in [0.25, 0.3) is 0 Å². The molecule has 0 saturated heterocycles. The molecule has 0 aliphatic heterocycles. The molecule has 3 aromatic carbocycles. The van der Waals surface area contributed by atoms with Gasteiger partial charge in [-0.05, 0) is 37.3 Å². The summed E-state index contributed by atoms with van der Waals surface area (Å²) in [5, 5.41) is 22.1. The molecule has 2 N–H and O–H groups in total. The number of para-hydroxylation sites is 2. The number of phenolic OH excluding ortho intramolecular Hbond substituents is 1. The molecule has 0 unspecified atom stereocenters. The van der Waals surface area contributed by atoms with Crippen LogP contribution in [0.15, 0.2) is 71.7 Å². The first kappa shape index (κ1) is 27.2. The fourth-order valence-corrected chi connectivity index (χ4v) is 3.65. The Balaban J connectivity index is 0.00000408. The Labute approximate surface area is 206 Å². The first-order valence-corrected chi connectivity index (χ1v) is 10.1.